The van der Waals surface area contributed by atoms with Crippen molar-refractivity contribution in [3.05, 3.63) is 96.4 Å². The van der Waals surface area contributed by atoms with Crippen LogP contribution < -0.4 is 31.2 Å². The maximum atomic E-state index is 11.4. The maximum Gasteiger partial charge on any atom is 0.259 e. The molecule has 5 N–H and O–H groups in total. The predicted molar refractivity (Wildman–Crippen MR) is 264 cm³/mol. The van der Waals surface area contributed by atoms with Gasteiger partial charge in [0.2, 0.25) is 39.3 Å². The molecule has 0 saturated carbocycles. The van der Waals surface area contributed by atoms with Crippen LogP contribution in [0.5, 0.6) is 11.5 Å². The Labute approximate surface area is 406 Å². The summed E-state index contributed by atoms with van der Waals surface area (Å²) in [5.74, 6) is 4.57. The van der Waals surface area contributed by atoms with E-state index in [9.17, 15) is 8.42 Å². The molecule has 0 spiro atoms. The van der Waals surface area contributed by atoms with Crippen molar-refractivity contribution >= 4 is 39.2 Å². The van der Waals surface area contributed by atoms with Gasteiger partial charge in [-0.1, -0.05) is 24.3 Å². The highest BCUT2D eigenvalue weighted by Crippen LogP contribution is 2.21. The van der Waals surface area contributed by atoms with Gasteiger partial charge < -0.3 is 40.0 Å². The van der Waals surface area contributed by atoms with Crippen molar-refractivity contribution < 1.29 is 26.7 Å². The Balaban J connectivity index is 0.000000152. The van der Waals surface area contributed by atoms with Crippen molar-refractivity contribution in [1.29, 1.82) is 0 Å². The molecule has 0 atom stereocenters. The van der Waals surface area contributed by atoms with Gasteiger partial charge in [0.25, 0.3) is 16.7 Å². The molecule has 370 valence electrons. The second kappa shape index (κ2) is 23.4. The van der Waals surface area contributed by atoms with Crippen molar-refractivity contribution in [3.8, 4) is 34.7 Å². The highest BCUT2D eigenvalue weighted by molar-refractivity contribution is 7.90. The standard InChI is InChI=1S/C23H28N8O2.C15H24N2O.C9H8N6O3S/c1-29(13-10-17-6-8-18(9-7-17)32-16-14-30-11-2-3-12-30)22-26-21(24)31-23(27-22)25-20(28-31)19-5-4-15-33-19;1-16-9-8-14-4-6-15(7-5-14)18-13-12-17-10-2-3-11-17;1-19(16,17)9-12-7(10)15-8(13-9)11-6(14-15)5-3-2-4-18-5/h4-9,15H,2-3,10-14,16H2,1H3,(H2,24,25,26,27,28);4-7,16H,2-3,8-13H2,1H3;2-4H,1H3,(H2,10,11,12,13,14). The van der Waals surface area contributed by atoms with E-state index in [2.05, 4.69) is 91.6 Å². The van der Waals surface area contributed by atoms with E-state index in [0.29, 0.717) is 29.1 Å². The lowest BCUT2D eigenvalue weighted by Crippen LogP contribution is -2.25. The number of nitrogens with one attached hydrogen (secondary N) is 1. The third-order valence-electron chi connectivity index (χ3n) is 11.6. The van der Waals surface area contributed by atoms with Crippen LogP contribution in [-0.2, 0) is 22.7 Å². The summed E-state index contributed by atoms with van der Waals surface area (Å²) in [7, 11) is 0.349. The molecule has 6 aromatic heterocycles. The molecular formula is C47H60N16O6S. The van der Waals surface area contributed by atoms with Gasteiger partial charge in [-0.25, -0.2) is 8.42 Å². The molecule has 2 fully saturated rings. The Morgan fingerprint density at radius 3 is 1.61 bits per heavy atom. The summed E-state index contributed by atoms with van der Waals surface area (Å²) in [6.07, 6.45) is 11.2. The van der Waals surface area contributed by atoms with Crippen molar-refractivity contribution in [2.24, 2.45) is 0 Å². The molecule has 0 amide bonds. The number of aromatic nitrogens is 10. The second-order valence-electron chi connectivity index (χ2n) is 16.9. The van der Waals surface area contributed by atoms with E-state index in [1.54, 1.807) is 30.5 Å². The van der Waals surface area contributed by atoms with E-state index >= 15 is 0 Å². The van der Waals surface area contributed by atoms with Crippen molar-refractivity contribution in [2.75, 3.05) is 102 Å². The fourth-order valence-corrected chi connectivity index (χ4v) is 8.21. The normalized spacial score (nSPS) is 14.1. The largest absolute Gasteiger partial charge is 0.492 e. The van der Waals surface area contributed by atoms with Crippen molar-refractivity contribution in [3.63, 3.8) is 0 Å². The minimum Gasteiger partial charge on any atom is -0.492 e. The van der Waals surface area contributed by atoms with E-state index in [-0.39, 0.29) is 23.5 Å². The maximum absolute atomic E-state index is 11.4. The Bertz CT molecular complexity index is 2970. The number of fused-ring (bicyclic) bond motifs is 2. The SMILES string of the molecule is CN(CCc1ccc(OCCN2CCCC2)cc1)c1nc(N)n2nc(-c3ccco3)nc2n1.CNCCc1ccc(OCCN2CCCC2)cc1.CS(=O)(=O)c1nc(N)n2nc(-c3ccco3)nc2n1. The summed E-state index contributed by atoms with van der Waals surface area (Å²) in [5.41, 5.74) is 14.3. The summed E-state index contributed by atoms with van der Waals surface area (Å²) in [6, 6.07) is 23.6. The van der Waals surface area contributed by atoms with Gasteiger partial charge in [-0.2, -0.15) is 38.9 Å². The van der Waals surface area contributed by atoms with Gasteiger partial charge >= 0.3 is 0 Å². The van der Waals surface area contributed by atoms with Crippen LogP contribution in [0.25, 0.3) is 34.7 Å². The minimum absolute atomic E-state index is 0.0410. The number of benzene rings is 2. The molecule has 23 heteroatoms. The molecule has 70 heavy (non-hydrogen) atoms. The summed E-state index contributed by atoms with van der Waals surface area (Å²) < 4.78 is 47.5. The number of nitrogens with zero attached hydrogens (tertiary/aromatic N) is 13. The first-order chi connectivity index (χ1) is 34.0. The number of ether oxygens (including phenoxy) is 2. The fraction of sp³-hybridized carbons (Fsp3) is 0.404. The number of sulfone groups is 1. The van der Waals surface area contributed by atoms with Crippen LogP contribution in [-0.4, -0.2) is 153 Å². The van der Waals surface area contributed by atoms with Crippen LogP contribution in [0.15, 0.2) is 99.3 Å². The van der Waals surface area contributed by atoms with Gasteiger partial charge in [0, 0.05) is 32.9 Å². The lowest BCUT2D eigenvalue weighted by Gasteiger charge is -2.17. The monoisotopic (exact) mass is 976 g/mol. The Morgan fingerprint density at radius 2 is 1.14 bits per heavy atom. The zero-order chi connectivity index (χ0) is 48.9. The van der Waals surface area contributed by atoms with Crippen LogP contribution in [0, 0.1) is 0 Å². The minimum atomic E-state index is -3.57. The molecule has 2 saturated heterocycles. The van der Waals surface area contributed by atoms with Crippen molar-refractivity contribution in [1.82, 2.24) is 64.2 Å². The Morgan fingerprint density at radius 1 is 0.657 bits per heavy atom. The molecule has 8 aromatic rings. The van der Waals surface area contributed by atoms with Crippen LogP contribution in [0.2, 0.25) is 0 Å². The molecule has 0 unspecified atom stereocenters. The molecular weight excluding hydrogens is 917 g/mol. The van der Waals surface area contributed by atoms with E-state index < -0.39 is 15.0 Å². The molecule has 2 aliphatic rings. The fourth-order valence-electron chi connectivity index (χ4n) is 7.71. The van der Waals surface area contributed by atoms with Crippen LogP contribution in [0.4, 0.5) is 17.8 Å². The molecule has 8 heterocycles. The Kier molecular flexibility index (Phi) is 16.5. The zero-order valence-electron chi connectivity index (χ0n) is 39.7. The number of nitrogen functional groups attached to an aromatic ring is 2. The Hall–Kier alpha value is -7.21. The topological polar surface area (TPSA) is 265 Å². The molecule has 10 rings (SSSR count). The molecule has 2 aromatic carbocycles. The summed E-state index contributed by atoms with van der Waals surface area (Å²) >= 11 is 0. The highest BCUT2D eigenvalue weighted by atomic mass is 32.2. The smallest absolute Gasteiger partial charge is 0.259 e. The van der Waals surface area contributed by atoms with Crippen LogP contribution in [0.1, 0.15) is 36.8 Å². The summed E-state index contributed by atoms with van der Waals surface area (Å²) in [5, 5.41) is 11.1. The molecule has 0 radical (unpaired) electrons. The predicted octanol–water partition coefficient (Wildman–Crippen LogP) is 4.20. The van der Waals surface area contributed by atoms with Gasteiger partial charge in [-0.05, 0) is 138 Å². The first kappa shape index (κ1) is 49.2. The number of furan rings is 2. The third-order valence-corrected chi connectivity index (χ3v) is 12.4. The number of rotatable bonds is 18. The third kappa shape index (κ3) is 13.3. The summed E-state index contributed by atoms with van der Waals surface area (Å²) in [6.45, 7) is 10.2. The number of anilines is 3. The van der Waals surface area contributed by atoms with Crippen LogP contribution in [0.3, 0.4) is 0 Å². The van der Waals surface area contributed by atoms with Gasteiger partial charge in [-0.3, -0.25) is 9.80 Å². The highest BCUT2D eigenvalue weighted by Gasteiger charge is 2.19. The van der Waals surface area contributed by atoms with Gasteiger partial charge in [0.15, 0.2) is 11.5 Å². The average Bonchev–Trinajstić information content (AvgIpc) is 4.22. The van der Waals surface area contributed by atoms with Gasteiger partial charge in [0.05, 0.1) is 12.5 Å². The number of likely N-dealkylation sites (N-methyl/N-ethyl adjacent to an activating group) is 2. The average molecular weight is 977 g/mol. The lowest BCUT2D eigenvalue weighted by atomic mass is 10.1. The van der Waals surface area contributed by atoms with Crippen LogP contribution >= 0.6 is 0 Å². The number of likely N-dealkylation sites (tertiary alicyclic amines) is 2. The molecule has 0 bridgehead atoms. The number of nitrogens with two attached hydrogens (primary N) is 2. The first-order valence-electron chi connectivity index (χ1n) is 23.3. The van der Waals surface area contributed by atoms with E-state index in [4.69, 9.17) is 29.8 Å². The molecule has 2 aliphatic heterocycles. The van der Waals surface area contributed by atoms with Gasteiger partial charge in [-0.15, -0.1) is 10.2 Å². The van der Waals surface area contributed by atoms with E-state index in [0.717, 1.165) is 74.5 Å². The van der Waals surface area contributed by atoms with E-state index in [1.807, 2.05) is 31.1 Å². The quantitative estimate of drug-likeness (QED) is 0.109. The summed E-state index contributed by atoms with van der Waals surface area (Å²) in [4.78, 5) is 31.7. The number of hydrogen-bond acceptors (Lipinski definition) is 20. The van der Waals surface area contributed by atoms with Gasteiger partial charge in [0.1, 0.15) is 24.7 Å². The zero-order valence-corrected chi connectivity index (χ0v) is 40.5. The second-order valence-corrected chi connectivity index (χ2v) is 18.8. The molecule has 0 aliphatic carbocycles. The van der Waals surface area contributed by atoms with Crippen molar-refractivity contribution in [2.45, 2.75) is 43.7 Å². The van der Waals surface area contributed by atoms with E-state index in [1.165, 1.54) is 73.8 Å². The first-order valence-corrected chi connectivity index (χ1v) is 25.2. The molecule has 22 nitrogen and oxygen atoms in total. The lowest BCUT2D eigenvalue weighted by molar-refractivity contribution is 0.237. The number of hydrogen-bond donors (Lipinski definition) is 3.